The van der Waals surface area contributed by atoms with Gasteiger partial charge < -0.3 is 9.32 Å². The van der Waals surface area contributed by atoms with Crippen LogP contribution in [0.15, 0.2) is 28.1 Å². The standard InChI is InChI=1S/C13H16N4O2S/c1-9-6-14-5-4-11(9)7-17(3)12(18)8-20-13-16-15-10(2)19-13/h4-6H,7-8H2,1-3H3. The summed E-state index contributed by atoms with van der Waals surface area (Å²) >= 11 is 1.25. The second-order valence-corrected chi connectivity index (χ2v) is 5.35. The minimum Gasteiger partial charge on any atom is -0.416 e. The molecule has 0 spiro atoms. The van der Waals surface area contributed by atoms with Crippen molar-refractivity contribution >= 4 is 17.7 Å². The fourth-order valence-corrected chi connectivity index (χ4v) is 2.34. The third-order valence-corrected chi connectivity index (χ3v) is 3.60. The number of hydrogen-bond donors (Lipinski definition) is 0. The summed E-state index contributed by atoms with van der Waals surface area (Å²) in [6, 6.07) is 1.92. The summed E-state index contributed by atoms with van der Waals surface area (Å²) in [5.41, 5.74) is 2.17. The summed E-state index contributed by atoms with van der Waals surface area (Å²) in [5.74, 6) is 0.796. The molecule has 6 nitrogen and oxygen atoms in total. The van der Waals surface area contributed by atoms with E-state index in [1.807, 2.05) is 13.0 Å². The molecule has 0 aliphatic heterocycles. The van der Waals surface area contributed by atoms with Crippen molar-refractivity contribution in [2.24, 2.45) is 0 Å². The van der Waals surface area contributed by atoms with Gasteiger partial charge in [0, 0.05) is 32.9 Å². The molecule has 0 unspecified atom stereocenters. The average molecular weight is 292 g/mol. The first-order valence-electron chi connectivity index (χ1n) is 6.12. The molecule has 0 atom stereocenters. The highest BCUT2D eigenvalue weighted by Crippen LogP contribution is 2.16. The van der Waals surface area contributed by atoms with E-state index >= 15 is 0 Å². The van der Waals surface area contributed by atoms with Crippen LogP contribution in [0.4, 0.5) is 0 Å². The Labute approximate surface area is 121 Å². The molecule has 20 heavy (non-hydrogen) atoms. The van der Waals surface area contributed by atoms with Gasteiger partial charge in [-0.25, -0.2) is 0 Å². The number of hydrogen-bond acceptors (Lipinski definition) is 6. The Morgan fingerprint density at radius 1 is 1.40 bits per heavy atom. The highest BCUT2D eigenvalue weighted by Gasteiger charge is 2.13. The molecule has 0 aliphatic carbocycles. The van der Waals surface area contributed by atoms with Crippen LogP contribution in [-0.2, 0) is 11.3 Å². The van der Waals surface area contributed by atoms with Crippen molar-refractivity contribution in [3.8, 4) is 0 Å². The van der Waals surface area contributed by atoms with Gasteiger partial charge in [0.05, 0.1) is 5.75 Å². The molecule has 2 rings (SSSR count). The fraction of sp³-hybridized carbons (Fsp3) is 0.385. The van der Waals surface area contributed by atoms with E-state index in [4.69, 9.17) is 4.42 Å². The Morgan fingerprint density at radius 3 is 2.85 bits per heavy atom. The summed E-state index contributed by atoms with van der Waals surface area (Å²) in [7, 11) is 1.78. The number of thioether (sulfide) groups is 1. The van der Waals surface area contributed by atoms with Crippen molar-refractivity contribution in [1.29, 1.82) is 0 Å². The van der Waals surface area contributed by atoms with Crippen molar-refractivity contribution in [3.05, 3.63) is 35.5 Å². The lowest BCUT2D eigenvalue weighted by Crippen LogP contribution is -2.28. The van der Waals surface area contributed by atoms with Crippen LogP contribution in [0.3, 0.4) is 0 Å². The van der Waals surface area contributed by atoms with Crippen molar-refractivity contribution in [2.45, 2.75) is 25.6 Å². The number of rotatable bonds is 5. The highest BCUT2D eigenvalue weighted by molar-refractivity contribution is 7.99. The van der Waals surface area contributed by atoms with E-state index in [0.717, 1.165) is 11.1 Å². The largest absolute Gasteiger partial charge is 0.416 e. The van der Waals surface area contributed by atoms with Crippen LogP contribution in [0.2, 0.25) is 0 Å². The molecule has 2 aromatic heterocycles. The minimum atomic E-state index is 0.0158. The Kier molecular flexibility index (Phi) is 4.73. The predicted molar refractivity (Wildman–Crippen MR) is 75.2 cm³/mol. The van der Waals surface area contributed by atoms with Gasteiger partial charge in [-0.2, -0.15) is 0 Å². The van der Waals surface area contributed by atoms with E-state index in [-0.39, 0.29) is 11.7 Å². The second-order valence-electron chi connectivity index (χ2n) is 4.43. The molecule has 0 bridgehead atoms. The van der Waals surface area contributed by atoms with Gasteiger partial charge in [-0.3, -0.25) is 9.78 Å². The van der Waals surface area contributed by atoms with Crippen LogP contribution < -0.4 is 0 Å². The van der Waals surface area contributed by atoms with Gasteiger partial charge in [-0.1, -0.05) is 11.8 Å². The molecular weight excluding hydrogens is 276 g/mol. The predicted octanol–water partition coefficient (Wildman–Crippen LogP) is 1.83. The zero-order valence-corrected chi connectivity index (χ0v) is 12.5. The quantitative estimate of drug-likeness (QED) is 0.783. The summed E-state index contributed by atoms with van der Waals surface area (Å²) in [6.45, 7) is 4.27. The smallest absolute Gasteiger partial charge is 0.277 e. The number of aryl methyl sites for hydroxylation is 2. The molecule has 0 saturated heterocycles. The zero-order valence-electron chi connectivity index (χ0n) is 11.7. The Morgan fingerprint density at radius 2 is 2.20 bits per heavy atom. The highest BCUT2D eigenvalue weighted by atomic mass is 32.2. The van der Waals surface area contributed by atoms with Gasteiger partial charge in [-0.15, -0.1) is 10.2 Å². The van der Waals surface area contributed by atoms with Crippen molar-refractivity contribution < 1.29 is 9.21 Å². The van der Waals surface area contributed by atoms with Gasteiger partial charge >= 0.3 is 0 Å². The maximum atomic E-state index is 12.0. The summed E-state index contributed by atoms with van der Waals surface area (Å²) in [5, 5.41) is 7.98. The third kappa shape index (κ3) is 3.80. The van der Waals surface area contributed by atoms with Crippen molar-refractivity contribution in [3.63, 3.8) is 0 Å². The van der Waals surface area contributed by atoms with Gasteiger partial charge in [0.2, 0.25) is 11.8 Å². The first-order valence-corrected chi connectivity index (χ1v) is 7.11. The number of carbonyl (C=O) groups excluding carboxylic acids is 1. The zero-order chi connectivity index (χ0) is 14.5. The molecular formula is C13H16N4O2S. The van der Waals surface area contributed by atoms with E-state index in [9.17, 15) is 4.79 Å². The van der Waals surface area contributed by atoms with Gasteiger partial charge in [0.25, 0.3) is 5.22 Å². The fourth-order valence-electron chi connectivity index (χ4n) is 1.59. The third-order valence-electron chi connectivity index (χ3n) is 2.80. The molecule has 0 fully saturated rings. The van der Waals surface area contributed by atoms with E-state index in [0.29, 0.717) is 17.7 Å². The molecule has 0 saturated carbocycles. The van der Waals surface area contributed by atoms with Crippen LogP contribution in [0.5, 0.6) is 0 Å². The van der Waals surface area contributed by atoms with E-state index in [1.165, 1.54) is 11.8 Å². The Balaban J connectivity index is 1.87. The molecule has 0 N–H and O–H groups in total. The Bertz CT molecular complexity index is 600. The summed E-state index contributed by atoms with van der Waals surface area (Å²) in [6.07, 6.45) is 3.53. The SMILES string of the molecule is Cc1nnc(SCC(=O)N(C)Cc2ccncc2C)o1. The normalized spacial score (nSPS) is 10.6. The van der Waals surface area contributed by atoms with Crippen LogP contribution in [0.25, 0.3) is 0 Å². The van der Waals surface area contributed by atoms with Gasteiger partial charge in [0.1, 0.15) is 0 Å². The minimum absolute atomic E-state index is 0.0158. The van der Waals surface area contributed by atoms with Crippen LogP contribution in [0.1, 0.15) is 17.0 Å². The van der Waals surface area contributed by atoms with Crippen molar-refractivity contribution in [1.82, 2.24) is 20.1 Å². The van der Waals surface area contributed by atoms with Crippen molar-refractivity contribution in [2.75, 3.05) is 12.8 Å². The lowest BCUT2D eigenvalue weighted by Gasteiger charge is -2.17. The first-order chi connectivity index (χ1) is 9.56. The molecule has 1 amide bonds. The number of nitrogens with zero attached hydrogens (tertiary/aromatic N) is 4. The number of carbonyl (C=O) groups is 1. The molecule has 106 valence electrons. The number of amides is 1. The maximum absolute atomic E-state index is 12.0. The molecule has 0 aromatic carbocycles. The van der Waals surface area contributed by atoms with Gasteiger partial charge in [0.15, 0.2) is 0 Å². The lowest BCUT2D eigenvalue weighted by molar-refractivity contribution is -0.127. The first kappa shape index (κ1) is 14.5. The monoisotopic (exact) mass is 292 g/mol. The summed E-state index contributed by atoms with van der Waals surface area (Å²) < 4.78 is 5.21. The molecule has 2 aromatic rings. The molecule has 0 aliphatic rings. The topological polar surface area (TPSA) is 72.1 Å². The van der Waals surface area contributed by atoms with Crippen LogP contribution in [0, 0.1) is 13.8 Å². The molecule has 7 heteroatoms. The second kappa shape index (κ2) is 6.51. The van der Waals surface area contributed by atoms with Crippen LogP contribution >= 0.6 is 11.8 Å². The van der Waals surface area contributed by atoms with Gasteiger partial charge in [-0.05, 0) is 24.1 Å². The van der Waals surface area contributed by atoms with Crippen LogP contribution in [-0.4, -0.2) is 38.8 Å². The molecule has 2 heterocycles. The number of aromatic nitrogens is 3. The maximum Gasteiger partial charge on any atom is 0.277 e. The lowest BCUT2D eigenvalue weighted by atomic mass is 10.1. The number of pyridine rings is 1. The van der Waals surface area contributed by atoms with E-state index in [2.05, 4.69) is 15.2 Å². The van der Waals surface area contributed by atoms with E-state index in [1.54, 1.807) is 31.3 Å². The summed E-state index contributed by atoms with van der Waals surface area (Å²) in [4.78, 5) is 17.8. The van der Waals surface area contributed by atoms with E-state index < -0.39 is 0 Å². The Hall–Kier alpha value is -1.89. The molecule has 0 radical (unpaired) electrons. The average Bonchev–Trinajstić information content (AvgIpc) is 2.84.